The molecule has 0 aromatic carbocycles. The first-order chi connectivity index (χ1) is 7.02. The summed E-state index contributed by atoms with van der Waals surface area (Å²) in [7, 11) is 0. The van der Waals surface area contributed by atoms with Gasteiger partial charge in [-0.25, -0.2) is 9.59 Å². The Bertz CT molecular complexity index is 238. The van der Waals surface area contributed by atoms with E-state index in [-0.39, 0.29) is 11.1 Å². The second-order valence-electron chi connectivity index (χ2n) is 2.69. The third-order valence-corrected chi connectivity index (χ3v) is 0.730. The monoisotopic (exact) mass is 232 g/mol. The van der Waals surface area contributed by atoms with Gasteiger partial charge in [0.1, 0.15) is 0 Å². The van der Waals surface area contributed by atoms with Crippen LogP contribution >= 0.6 is 0 Å². The Morgan fingerprint density at radius 1 is 0.750 bits per heavy atom. The Kier molecular flexibility index (Phi) is 13.3. The number of carboxylic acid groups (broad SMARTS) is 3. The third kappa shape index (κ3) is 40.6. The van der Waals surface area contributed by atoms with E-state index in [2.05, 4.69) is 13.2 Å². The third-order valence-electron chi connectivity index (χ3n) is 0.730. The van der Waals surface area contributed by atoms with Crippen molar-refractivity contribution in [1.29, 1.82) is 0 Å². The van der Waals surface area contributed by atoms with Crippen molar-refractivity contribution < 1.29 is 29.7 Å². The van der Waals surface area contributed by atoms with Crippen LogP contribution in [0.4, 0.5) is 0 Å². The van der Waals surface area contributed by atoms with Gasteiger partial charge in [-0.1, -0.05) is 13.2 Å². The van der Waals surface area contributed by atoms with E-state index in [1.165, 1.54) is 13.8 Å². The van der Waals surface area contributed by atoms with Crippen LogP contribution in [-0.4, -0.2) is 33.2 Å². The first-order valence-corrected chi connectivity index (χ1v) is 3.99. The van der Waals surface area contributed by atoms with Crippen LogP contribution in [0.15, 0.2) is 24.3 Å². The van der Waals surface area contributed by atoms with Crippen LogP contribution in [0, 0.1) is 0 Å². The van der Waals surface area contributed by atoms with Gasteiger partial charge in [0.2, 0.25) is 0 Å². The molecule has 0 radical (unpaired) electrons. The zero-order chi connectivity index (χ0) is 13.9. The van der Waals surface area contributed by atoms with Gasteiger partial charge in [-0.3, -0.25) is 4.79 Å². The first kappa shape index (κ1) is 19.5. The Balaban J connectivity index is -0.000000162. The maximum Gasteiger partial charge on any atom is 0.330 e. The molecular weight excluding hydrogens is 216 g/mol. The summed E-state index contributed by atoms with van der Waals surface area (Å²) in [5.41, 5.74) is 0.352. The highest BCUT2D eigenvalue weighted by Gasteiger charge is 1.90. The second-order valence-corrected chi connectivity index (χ2v) is 2.69. The summed E-state index contributed by atoms with van der Waals surface area (Å²) in [5, 5.41) is 23.2. The van der Waals surface area contributed by atoms with E-state index in [9.17, 15) is 9.59 Å². The first-order valence-electron chi connectivity index (χ1n) is 3.99. The molecule has 3 N–H and O–H groups in total. The number of hydrogen-bond acceptors (Lipinski definition) is 3. The van der Waals surface area contributed by atoms with Crippen molar-refractivity contribution in [3.63, 3.8) is 0 Å². The van der Waals surface area contributed by atoms with Gasteiger partial charge >= 0.3 is 11.9 Å². The van der Waals surface area contributed by atoms with Crippen LogP contribution in [0.3, 0.4) is 0 Å². The molecular formula is C10H16O6. The molecule has 0 aliphatic carbocycles. The minimum Gasteiger partial charge on any atom is -0.481 e. The summed E-state index contributed by atoms with van der Waals surface area (Å²) in [6, 6.07) is 0. The lowest BCUT2D eigenvalue weighted by Crippen LogP contribution is -1.92. The summed E-state index contributed by atoms with van der Waals surface area (Å²) in [4.78, 5) is 28.2. The standard InChI is InChI=1S/2C4H6O2.C2H4O2/c2*1-3(2)4(5)6;1-2(3)4/h2*1H2,2H3,(H,5,6);1H3,(H,3,4). The van der Waals surface area contributed by atoms with Gasteiger partial charge in [-0.15, -0.1) is 0 Å². The fourth-order valence-electron chi connectivity index (χ4n) is 0. The van der Waals surface area contributed by atoms with Gasteiger partial charge in [-0.2, -0.15) is 0 Å². The summed E-state index contributed by atoms with van der Waals surface area (Å²) >= 11 is 0. The summed E-state index contributed by atoms with van der Waals surface area (Å²) in [6.45, 7) is 10.3. The Labute approximate surface area is 93.5 Å². The predicted octanol–water partition coefficient (Wildman–Crippen LogP) is 1.39. The SMILES string of the molecule is C=C(C)C(=O)O.C=C(C)C(=O)O.CC(=O)O. The molecule has 16 heavy (non-hydrogen) atoms. The highest BCUT2D eigenvalue weighted by Crippen LogP contribution is 1.81. The number of carboxylic acids is 3. The molecule has 0 atom stereocenters. The van der Waals surface area contributed by atoms with Gasteiger partial charge < -0.3 is 15.3 Å². The van der Waals surface area contributed by atoms with Gasteiger partial charge in [-0.05, 0) is 13.8 Å². The lowest BCUT2D eigenvalue weighted by molar-refractivity contribution is -0.135. The maximum absolute atomic E-state index is 9.60. The molecule has 0 aromatic rings. The van der Waals surface area contributed by atoms with E-state index < -0.39 is 17.9 Å². The molecule has 0 saturated heterocycles. The lowest BCUT2D eigenvalue weighted by atomic mass is 10.4. The van der Waals surface area contributed by atoms with Crippen LogP contribution in [0.5, 0.6) is 0 Å². The average molecular weight is 232 g/mol. The molecule has 0 saturated carbocycles. The predicted molar refractivity (Wildman–Crippen MR) is 58.2 cm³/mol. The smallest absolute Gasteiger partial charge is 0.330 e. The summed E-state index contributed by atoms with van der Waals surface area (Å²) in [5.74, 6) is -2.70. The molecule has 0 heterocycles. The van der Waals surface area contributed by atoms with E-state index >= 15 is 0 Å². The summed E-state index contributed by atoms with van der Waals surface area (Å²) < 4.78 is 0. The Morgan fingerprint density at radius 3 is 0.812 bits per heavy atom. The number of rotatable bonds is 2. The molecule has 0 aliphatic rings. The minimum absolute atomic E-state index is 0.176. The highest BCUT2D eigenvalue weighted by atomic mass is 16.4. The van der Waals surface area contributed by atoms with Gasteiger partial charge in [0, 0.05) is 18.1 Å². The van der Waals surface area contributed by atoms with Crippen molar-refractivity contribution >= 4 is 17.9 Å². The molecule has 6 heteroatoms. The van der Waals surface area contributed by atoms with Crippen molar-refractivity contribution in [2.24, 2.45) is 0 Å². The largest absolute Gasteiger partial charge is 0.481 e. The van der Waals surface area contributed by atoms with Crippen molar-refractivity contribution in [2.45, 2.75) is 20.8 Å². The van der Waals surface area contributed by atoms with Gasteiger partial charge in [0.25, 0.3) is 5.97 Å². The van der Waals surface area contributed by atoms with E-state index in [1.54, 1.807) is 0 Å². The Hall–Kier alpha value is -2.11. The maximum atomic E-state index is 9.60. The number of carbonyl (C=O) groups is 3. The van der Waals surface area contributed by atoms with Crippen LogP contribution in [0.25, 0.3) is 0 Å². The van der Waals surface area contributed by atoms with Crippen molar-refractivity contribution in [3.05, 3.63) is 24.3 Å². The molecule has 0 amide bonds. The summed E-state index contributed by atoms with van der Waals surface area (Å²) in [6.07, 6.45) is 0. The molecule has 0 aliphatic heterocycles. The number of aliphatic carboxylic acids is 3. The molecule has 0 rings (SSSR count). The Morgan fingerprint density at radius 2 is 0.812 bits per heavy atom. The van der Waals surface area contributed by atoms with Crippen LogP contribution < -0.4 is 0 Å². The van der Waals surface area contributed by atoms with Crippen LogP contribution in [0.2, 0.25) is 0 Å². The topological polar surface area (TPSA) is 112 Å². The van der Waals surface area contributed by atoms with E-state index in [0.29, 0.717) is 0 Å². The van der Waals surface area contributed by atoms with E-state index in [0.717, 1.165) is 6.92 Å². The van der Waals surface area contributed by atoms with E-state index in [1.807, 2.05) is 0 Å². The zero-order valence-corrected chi connectivity index (χ0v) is 9.48. The quantitative estimate of drug-likeness (QED) is 0.620. The van der Waals surface area contributed by atoms with Gasteiger partial charge in [0.05, 0.1) is 0 Å². The molecule has 0 fully saturated rings. The molecule has 0 bridgehead atoms. The van der Waals surface area contributed by atoms with Gasteiger partial charge in [0.15, 0.2) is 0 Å². The molecule has 6 nitrogen and oxygen atoms in total. The lowest BCUT2D eigenvalue weighted by Gasteiger charge is -1.79. The normalized spacial score (nSPS) is 7.19. The molecule has 0 spiro atoms. The highest BCUT2D eigenvalue weighted by molar-refractivity contribution is 5.85. The zero-order valence-electron chi connectivity index (χ0n) is 9.48. The van der Waals surface area contributed by atoms with Crippen LogP contribution in [-0.2, 0) is 14.4 Å². The van der Waals surface area contributed by atoms with Crippen LogP contribution in [0.1, 0.15) is 20.8 Å². The van der Waals surface area contributed by atoms with E-state index in [4.69, 9.17) is 20.1 Å². The fourth-order valence-corrected chi connectivity index (χ4v) is 0. The van der Waals surface area contributed by atoms with Crippen molar-refractivity contribution in [3.8, 4) is 0 Å². The second kappa shape index (κ2) is 11.0. The number of hydrogen-bond donors (Lipinski definition) is 3. The van der Waals surface area contributed by atoms with Crippen molar-refractivity contribution in [1.82, 2.24) is 0 Å². The molecule has 0 aromatic heterocycles. The average Bonchev–Trinajstić information content (AvgIpc) is 2.03. The molecule has 92 valence electrons. The minimum atomic E-state index is -0.935. The fraction of sp³-hybridized carbons (Fsp3) is 0.300. The molecule has 0 unspecified atom stereocenters. The van der Waals surface area contributed by atoms with Crippen molar-refractivity contribution in [2.75, 3.05) is 0 Å².